The van der Waals surface area contributed by atoms with Crippen molar-refractivity contribution >= 4 is 45.9 Å². The number of hydrogen-bond donors (Lipinski definition) is 3. The molecule has 0 bridgehead atoms. The van der Waals surface area contributed by atoms with E-state index in [9.17, 15) is 41.6 Å². The number of halogens is 1. The first kappa shape index (κ1) is 39.2. The van der Waals surface area contributed by atoms with Gasteiger partial charge in [0.05, 0.1) is 18.3 Å². The van der Waals surface area contributed by atoms with Gasteiger partial charge in [-0.25, -0.2) is 27.2 Å². The molecule has 53 heavy (non-hydrogen) atoms. The normalized spacial score (nSPS) is 24.5. The Hall–Kier alpha value is -5.00. The van der Waals surface area contributed by atoms with Gasteiger partial charge in [-0.1, -0.05) is 24.8 Å². The van der Waals surface area contributed by atoms with Crippen molar-refractivity contribution in [3.8, 4) is 0 Å². The number of hydrogen-bond acceptors (Lipinski definition) is 11. The van der Waals surface area contributed by atoms with E-state index in [-0.39, 0.29) is 32.5 Å². The Morgan fingerprint density at radius 2 is 1.79 bits per heavy atom. The smallest absolute Gasteiger partial charge is 0.410 e. The van der Waals surface area contributed by atoms with Crippen molar-refractivity contribution in [3.05, 3.63) is 60.5 Å². The van der Waals surface area contributed by atoms with Gasteiger partial charge in [-0.2, -0.15) is 0 Å². The van der Waals surface area contributed by atoms with Crippen LogP contribution >= 0.6 is 0 Å². The van der Waals surface area contributed by atoms with Crippen LogP contribution in [0.15, 0.2) is 43.5 Å². The number of amides is 5. The van der Waals surface area contributed by atoms with Gasteiger partial charge in [0.1, 0.15) is 41.2 Å². The average molecular weight is 762 g/mol. The summed E-state index contributed by atoms with van der Waals surface area (Å²) in [5, 5.41) is 4.30. The van der Waals surface area contributed by atoms with Crippen LogP contribution in [0.4, 0.5) is 14.0 Å². The van der Waals surface area contributed by atoms with E-state index in [1.54, 1.807) is 26.8 Å². The Labute approximate surface area is 306 Å². The molecule has 16 nitrogen and oxygen atoms in total. The molecule has 2 heterocycles. The van der Waals surface area contributed by atoms with Crippen LogP contribution in [-0.4, -0.2) is 101 Å². The molecule has 5 amide bonds. The molecule has 3 N–H and O–H groups in total. The molecule has 5 rings (SSSR count). The zero-order valence-electron chi connectivity index (χ0n) is 29.9. The minimum Gasteiger partial charge on any atom is -0.457 e. The first-order chi connectivity index (χ1) is 24.8. The summed E-state index contributed by atoms with van der Waals surface area (Å²) in [5.74, 6) is -4.81. The zero-order chi connectivity index (χ0) is 39.0. The van der Waals surface area contributed by atoms with Crippen LogP contribution in [0.3, 0.4) is 0 Å². The van der Waals surface area contributed by atoms with Crippen molar-refractivity contribution in [2.75, 3.05) is 6.54 Å². The van der Waals surface area contributed by atoms with Gasteiger partial charge in [-0.3, -0.25) is 24.0 Å². The maximum atomic E-state index is 14.4. The number of carbonyl (C=O) groups excluding carboxylic acids is 6. The average Bonchev–Trinajstić information content (AvgIpc) is 3.96. The van der Waals surface area contributed by atoms with E-state index in [0.29, 0.717) is 24.0 Å². The fourth-order valence-corrected chi connectivity index (χ4v) is 7.78. The van der Waals surface area contributed by atoms with E-state index in [1.165, 1.54) is 30.0 Å². The van der Waals surface area contributed by atoms with Gasteiger partial charge in [-0.15, -0.1) is 6.58 Å². The number of likely N-dealkylation sites (tertiary alicyclic amines) is 1. The highest BCUT2D eigenvalue weighted by molar-refractivity contribution is 7.91. The Balaban J connectivity index is 1.41. The maximum Gasteiger partial charge on any atom is 0.410 e. The third-order valence-electron chi connectivity index (χ3n) is 9.43. The molecule has 3 fully saturated rings. The summed E-state index contributed by atoms with van der Waals surface area (Å²) in [6.45, 7) is 12.7. The van der Waals surface area contributed by atoms with Gasteiger partial charge >= 0.3 is 18.2 Å². The first-order valence-electron chi connectivity index (χ1n) is 17.1. The number of ether oxygens (including phenoxy) is 3. The molecule has 2 aliphatic carbocycles. The lowest BCUT2D eigenvalue weighted by molar-refractivity contribution is -0.150. The molecule has 2 saturated carbocycles. The van der Waals surface area contributed by atoms with E-state index in [0.717, 1.165) is 11.0 Å². The van der Waals surface area contributed by atoms with Gasteiger partial charge in [0.15, 0.2) is 0 Å². The molecule has 0 radical (unpaired) electrons. The number of fused-ring (bicyclic) bond motifs is 1. The van der Waals surface area contributed by atoms with Gasteiger partial charge in [-0.05, 0) is 58.6 Å². The van der Waals surface area contributed by atoms with Crippen molar-refractivity contribution in [2.24, 2.45) is 5.92 Å². The highest BCUT2D eigenvalue weighted by atomic mass is 32.2. The minimum absolute atomic E-state index is 0.0246. The van der Waals surface area contributed by atoms with E-state index in [4.69, 9.17) is 14.2 Å². The molecule has 0 spiro atoms. The molecule has 1 unspecified atom stereocenters. The Bertz CT molecular complexity index is 1830. The largest absolute Gasteiger partial charge is 0.457 e. The number of carbonyl (C=O) groups is 6. The summed E-state index contributed by atoms with van der Waals surface area (Å²) in [7, 11) is -3.99. The van der Waals surface area contributed by atoms with Crippen LogP contribution in [0.5, 0.6) is 0 Å². The molecule has 2 aliphatic heterocycles. The Morgan fingerprint density at radius 3 is 2.38 bits per heavy atom. The number of esters is 1. The molecule has 18 heteroatoms. The van der Waals surface area contributed by atoms with E-state index < -0.39 is 98.3 Å². The summed E-state index contributed by atoms with van der Waals surface area (Å²) in [5.41, 5.74) is -1.76. The van der Waals surface area contributed by atoms with Crippen molar-refractivity contribution in [2.45, 2.75) is 107 Å². The van der Waals surface area contributed by atoms with Crippen LogP contribution in [0.2, 0.25) is 0 Å². The molecule has 1 aromatic rings. The zero-order valence-corrected chi connectivity index (χ0v) is 30.7. The van der Waals surface area contributed by atoms with Crippen LogP contribution < -0.4 is 15.4 Å². The van der Waals surface area contributed by atoms with E-state index in [2.05, 4.69) is 28.5 Å². The monoisotopic (exact) mass is 761 g/mol. The first-order valence-corrected chi connectivity index (χ1v) is 18.7. The Morgan fingerprint density at radius 1 is 1.09 bits per heavy atom. The Kier molecular flexibility index (Phi) is 10.9. The summed E-state index contributed by atoms with van der Waals surface area (Å²) < 4.78 is 58.1. The molecule has 6 atom stereocenters. The summed E-state index contributed by atoms with van der Waals surface area (Å²) in [6.07, 6.45) is -1.54. The summed E-state index contributed by atoms with van der Waals surface area (Å²) in [6, 6.07) is 1.41. The topological polar surface area (TPSA) is 207 Å². The number of nitrogens with zero attached hydrogens (tertiary/aromatic N) is 2. The summed E-state index contributed by atoms with van der Waals surface area (Å²) >= 11 is 0. The molecule has 0 aromatic heterocycles. The minimum atomic E-state index is -3.99. The highest BCUT2D eigenvalue weighted by Gasteiger charge is 2.62. The third kappa shape index (κ3) is 8.80. The quantitative estimate of drug-likeness (QED) is 0.121. The predicted molar refractivity (Wildman–Crippen MR) is 184 cm³/mol. The van der Waals surface area contributed by atoms with Crippen LogP contribution in [0, 0.1) is 11.7 Å². The number of rotatable bonds is 12. The lowest BCUT2D eigenvalue weighted by Crippen LogP contribution is -2.60. The number of sulfonamides is 1. The van der Waals surface area contributed by atoms with Crippen molar-refractivity contribution in [3.63, 3.8) is 0 Å². The standard InChI is InChI=1S/C35H44FN5O11S/c1-7-21-15-35(21,31(45)39-53(48,49)23-12-13-23)38-29(43)26-14-22(51-33(47)40-16-20-10-9-11-25(36)24(20)18-40)17-41(26)30(44)28(19(3)50-27(42)8-2)37-32(46)52-34(4,5)6/h7-11,19,21-23,26,28H,1-2,12-18H2,3-6H3,(H,37,46)(H,38,43)(H,39,45)/t19?,21-,22-,26+,28+,35-/m1/s1. The van der Waals surface area contributed by atoms with Gasteiger partial charge in [0.25, 0.3) is 5.91 Å². The molecule has 1 saturated heterocycles. The third-order valence-corrected chi connectivity index (χ3v) is 11.2. The number of alkyl carbamates (subject to hydrolysis) is 1. The van der Waals surface area contributed by atoms with E-state index >= 15 is 0 Å². The maximum absolute atomic E-state index is 14.4. The van der Waals surface area contributed by atoms with Gasteiger partial charge in [0.2, 0.25) is 21.8 Å². The molecular formula is C35H44FN5O11S. The summed E-state index contributed by atoms with van der Waals surface area (Å²) in [4.78, 5) is 82.5. The molecular weight excluding hydrogens is 717 g/mol. The van der Waals surface area contributed by atoms with Gasteiger partial charge < -0.3 is 29.7 Å². The van der Waals surface area contributed by atoms with Crippen molar-refractivity contribution < 1.29 is 55.8 Å². The second-order valence-corrected chi connectivity index (χ2v) is 16.6. The molecule has 1 aromatic carbocycles. The highest BCUT2D eigenvalue weighted by Crippen LogP contribution is 2.45. The lowest BCUT2D eigenvalue weighted by atomic mass is 10.1. The second kappa shape index (κ2) is 14.8. The van der Waals surface area contributed by atoms with Crippen LogP contribution in [0.25, 0.3) is 0 Å². The fraction of sp³-hybridized carbons (Fsp3) is 0.543. The molecule has 288 valence electrons. The van der Waals surface area contributed by atoms with Crippen molar-refractivity contribution in [1.29, 1.82) is 0 Å². The molecule has 4 aliphatic rings. The number of nitrogens with one attached hydrogen (secondary N) is 3. The predicted octanol–water partition coefficient (Wildman–Crippen LogP) is 1.93. The SMILES string of the molecule is C=CC(=O)OC(C)[C@H](NC(=O)OC(C)(C)C)C(=O)N1C[C@H](OC(=O)N2Cc3cccc(F)c3C2)C[C@H]1C(=O)N[C@]1(C(=O)NS(=O)(=O)C2CC2)C[C@H]1C=C. The number of benzene rings is 1. The van der Waals surface area contributed by atoms with Gasteiger partial charge in [0, 0.05) is 30.5 Å². The van der Waals surface area contributed by atoms with E-state index in [1.807, 2.05) is 0 Å². The lowest BCUT2D eigenvalue weighted by Gasteiger charge is -2.32. The fourth-order valence-electron chi connectivity index (χ4n) is 6.41. The van der Waals surface area contributed by atoms with Crippen LogP contribution in [0.1, 0.15) is 64.5 Å². The van der Waals surface area contributed by atoms with Crippen LogP contribution in [-0.2, 0) is 56.5 Å². The van der Waals surface area contributed by atoms with Crippen molar-refractivity contribution in [1.82, 2.24) is 25.2 Å². The second-order valence-electron chi connectivity index (χ2n) is 14.6.